The van der Waals surface area contributed by atoms with E-state index in [4.69, 9.17) is 5.11 Å². The van der Waals surface area contributed by atoms with Crippen molar-refractivity contribution in [3.8, 4) is 0 Å². The minimum Gasteiger partial charge on any atom is -0.481 e. The Kier molecular flexibility index (Phi) is 7.73. The first-order valence-electron chi connectivity index (χ1n) is 4.82. The van der Waals surface area contributed by atoms with Crippen LogP contribution in [-0.4, -0.2) is 55.9 Å². The van der Waals surface area contributed by atoms with E-state index in [1.54, 1.807) is 11.8 Å². The second-order valence-electron chi connectivity index (χ2n) is 3.21. The van der Waals surface area contributed by atoms with Gasteiger partial charge in [0, 0.05) is 20.1 Å². The van der Waals surface area contributed by atoms with Crippen LogP contribution in [0.5, 0.6) is 0 Å². The fourth-order valence-corrected chi connectivity index (χ4v) is 2.29. The summed E-state index contributed by atoms with van der Waals surface area (Å²) in [5.41, 5.74) is 0. The predicted molar refractivity (Wildman–Crippen MR) is 64.8 cm³/mol. The Hall–Kier alpha value is -0.310. The van der Waals surface area contributed by atoms with Gasteiger partial charge in [0.1, 0.15) is 0 Å². The van der Waals surface area contributed by atoms with Crippen LogP contribution in [-0.2, 0) is 15.0 Å². The minimum absolute atomic E-state index is 0.0206. The van der Waals surface area contributed by atoms with Gasteiger partial charge in [-0.25, -0.2) is 4.72 Å². The number of hydrogen-bond acceptors (Lipinski definition) is 4. The Balaban J connectivity index is 3.96. The number of nitrogens with one attached hydrogen (secondary N) is 1. The van der Waals surface area contributed by atoms with Crippen LogP contribution in [0.3, 0.4) is 0 Å². The lowest BCUT2D eigenvalue weighted by Crippen LogP contribution is -2.39. The van der Waals surface area contributed by atoms with Crippen LogP contribution in [0, 0.1) is 0 Å². The molecule has 0 aliphatic heterocycles. The van der Waals surface area contributed by atoms with Gasteiger partial charge in [-0.2, -0.15) is 24.5 Å². The quantitative estimate of drug-likeness (QED) is 0.575. The number of thioether (sulfide) groups is 1. The topological polar surface area (TPSA) is 86.7 Å². The summed E-state index contributed by atoms with van der Waals surface area (Å²) < 4.78 is 26.5. The van der Waals surface area contributed by atoms with Crippen molar-refractivity contribution >= 4 is 27.9 Å². The Bertz CT molecular complexity index is 305. The molecule has 0 radical (unpaired) electrons. The molecule has 16 heavy (non-hydrogen) atoms. The van der Waals surface area contributed by atoms with E-state index in [9.17, 15) is 13.2 Å². The van der Waals surface area contributed by atoms with Crippen LogP contribution in [0.15, 0.2) is 0 Å². The molecule has 0 aromatic carbocycles. The van der Waals surface area contributed by atoms with Gasteiger partial charge < -0.3 is 5.11 Å². The van der Waals surface area contributed by atoms with Gasteiger partial charge in [0.25, 0.3) is 10.2 Å². The standard InChI is InChI=1S/C8H18N2O4S2/c1-10(6-4-8(11)12)16(13,14)9-5-3-7-15-2/h9H,3-7H2,1-2H3,(H,11,12). The normalized spacial score (nSPS) is 11.9. The molecule has 0 spiro atoms. The maximum Gasteiger partial charge on any atom is 0.304 e. The third-order valence-electron chi connectivity index (χ3n) is 1.86. The lowest BCUT2D eigenvalue weighted by Gasteiger charge is -2.16. The molecule has 0 aliphatic carbocycles. The third kappa shape index (κ3) is 7.04. The lowest BCUT2D eigenvalue weighted by atomic mass is 10.4. The molecule has 0 aromatic rings. The van der Waals surface area contributed by atoms with Crippen molar-refractivity contribution in [1.29, 1.82) is 0 Å². The maximum atomic E-state index is 11.5. The zero-order valence-electron chi connectivity index (χ0n) is 9.47. The van der Waals surface area contributed by atoms with Crippen LogP contribution < -0.4 is 4.72 Å². The monoisotopic (exact) mass is 270 g/mol. The summed E-state index contributed by atoms with van der Waals surface area (Å²) in [6, 6.07) is 0. The molecule has 0 aromatic heterocycles. The maximum absolute atomic E-state index is 11.5. The van der Waals surface area contributed by atoms with Crippen molar-refractivity contribution in [1.82, 2.24) is 9.03 Å². The van der Waals surface area contributed by atoms with Crippen molar-refractivity contribution < 1.29 is 18.3 Å². The number of aliphatic carboxylic acids is 1. The molecule has 0 amide bonds. The number of rotatable bonds is 9. The highest BCUT2D eigenvalue weighted by atomic mass is 32.2. The Labute approximate surface area is 101 Å². The molecule has 2 N–H and O–H groups in total. The highest BCUT2D eigenvalue weighted by Crippen LogP contribution is 1.98. The highest BCUT2D eigenvalue weighted by Gasteiger charge is 2.17. The van der Waals surface area contributed by atoms with Crippen molar-refractivity contribution in [3.63, 3.8) is 0 Å². The minimum atomic E-state index is -3.53. The van der Waals surface area contributed by atoms with Gasteiger partial charge in [0.05, 0.1) is 6.42 Å². The lowest BCUT2D eigenvalue weighted by molar-refractivity contribution is -0.137. The Morgan fingerprint density at radius 1 is 1.50 bits per heavy atom. The van der Waals surface area contributed by atoms with Crippen LogP contribution in [0.25, 0.3) is 0 Å². The van der Waals surface area contributed by atoms with Crippen LogP contribution >= 0.6 is 11.8 Å². The molecule has 0 fully saturated rings. The van der Waals surface area contributed by atoms with E-state index in [-0.39, 0.29) is 13.0 Å². The van der Waals surface area contributed by atoms with Crippen LogP contribution in [0.4, 0.5) is 0 Å². The van der Waals surface area contributed by atoms with Crippen molar-refractivity contribution in [2.45, 2.75) is 12.8 Å². The number of carboxylic acids is 1. The second-order valence-corrected chi connectivity index (χ2v) is 6.06. The van der Waals surface area contributed by atoms with E-state index in [2.05, 4.69) is 4.72 Å². The summed E-state index contributed by atoms with van der Waals surface area (Å²) >= 11 is 1.65. The molecule has 0 rings (SSSR count). The molecule has 8 heteroatoms. The van der Waals surface area contributed by atoms with Gasteiger partial charge in [-0.1, -0.05) is 0 Å². The zero-order valence-corrected chi connectivity index (χ0v) is 11.1. The van der Waals surface area contributed by atoms with Crippen molar-refractivity contribution in [2.75, 3.05) is 32.1 Å². The Morgan fingerprint density at radius 2 is 2.12 bits per heavy atom. The summed E-state index contributed by atoms with van der Waals surface area (Å²) in [5.74, 6) is -0.120. The predicted octanol–water partition coefficient (Wildman–Crippen LogP) is -0.0196. The van der Waals surface area contributed by atoms with E-state index >= 15 is 0 Å². The van der Waals surface area contributed by atoms with E-state index in [0.717, 1.165) is 16.5 Å². The van der Waals surface area contributed by atoms with E-state index < -0.39 is 16.2 Å². The molecule has 0 saturated heterocycles. The molecule has 0 atom stereocenters. The Morgan fingerprint density at radius 3 is 2.62 bits per heavy atom. The summed E-state index contributed by atoms with van der Waals surface area (Å²) in [6.45, 7) is 0.355. The SMILES string of the molecule is CSCCCNS(=O)(=O)N(C)CCC(=O)O. The van der Waals surface area contributed by atoms with E-state index in [0.29, 0.717) is 6.54 Å². The highest BCUT2D eigenvalue weighted by molar-refractivity contribution is 7.98. The fourth-order valence-electron chi connectivity index (χ4n) is 0.901. The second kappa shape index (κ2) is 7.88. The van der Waals surface area contributed by atoms with Crippen molar-refractivity contribution in [2.24, 2.45) is 0 Å². The molecule has 96 valence electrons. The zero-order chi connectivity index (χ0) is 12.6. The first-order valence-corrected chi connectivity index (χ1v) is 7.65. The molecule has 0 saturated carbocycles. The van der Waals surface area contributed by atoms with Gasteiger partial charge >= 0.3 is 5.97 Å². The summed E-state index contributed by atoms with van der Waals surface area (Å²) in [6.07, 6.45) is 2.52. The number of nitrogens with zero attached hydrogens (tertiary/aromatic N) is 1. The summed E-state index contributed by atoms with van der Waals surface area (Å²) in [7, 11) is -2.16. The molecule has 6 nitrogen and oxygen atoms in total. The largest absolute Gasteiger partial charge is 0.481 e. The van der Waals surface area contributed by atoms with Gasteiger partial charge in [-0.15, -0.1) is 0 Å². The number of carbonyl (C=O) groups is 1. The van der Waals surface area contributed by atoms with Crippen LogP contribution in [0.2, 0.25) is 0 Å². The van der Waals surface area contributed by atoms with Gasteiger partial charge in [0.15, 0.2) is 0 Å². The van der Waals surface area contributed by atoms with Gasteiger partial charge in [-0.05, 0) is 18.4 Å². The fraction of sp³-hybridized carbons (Fsp3) is 0.875. The summed E-state index contributed by atoms with van der Waals surface area (Å²) in [5, 5.41) is 8.43. The smallest absolute Gasteiger partial charge is 0.304 e. The first-order chi connectivity index (χ1) is 7.40. The summed E-state index contributed by atoms with van der Waals surface area (Å²) in [4.78, 5) is 10.3. The number of hydrogen-bond donors (Lipinski definition) is 2. The molecular weight excluding hydrogens is 252 g/mol. The molecule has 0 aliphatic rings. The molecule has 0 bridgehead atoms. The number of carboxylic acid groups (broad SMARTS) is 1. The average Bonchev–Trinajstić information content (AvgIpc) is 2.20. The molecule has 0 heterocycles. The van der Waals surface area contributed by atoms with E-state index in [1.165, 1.54) is 7.05 Å². The van der Waals surface area contributed by atoms with Crippen LogP contribution in [0.1, 0.15) is 12.8 Å². The van der Waals surface area contributed by atoms with Gasteiger partial charge in [-0.3, -0.25) is 4.79 Å². The average molecular weight is 270 g/mol. The van der Waals surface area contributed by atoms with Crippen molar-refractivity contribution in [3.05, 3.63) is 0 Å². The first kappa shape index (κ1) is 15.7. The third-order valence-corrected chi connectivity index (χ3v) is 4.13. The van der Waals surface area contributed by atoms with Gasteiger partial charge in [0.2, 0.25) is 0 Å². The van der Waals surface area contributed by atoms with E-state index in [1.807, 2.05) is 6.26 Å². The molecule has 0 unspecified atom stereocenters. The molecular formula is C8H18N2O4S2.